The van der Waals surface area contributed by atoms with Gasteiger partial charge in [-0.1, -0.05) is 6.07 Å². The maximum atomic E-state index is 11.9. The van der Waals surface area contributed by atoms with Gasteiger partial charge >= 0.3 is 11.9 Å². The highest BCUT2D eigenvalue weighted by Crippen LogP contribution is 2.28. The van der Waals surface area contributed by atoms with Crippen LogP contribution in [0.1, 0.15) is 0 Å². The summed E-state index contributed by atoms with van der Waals surface area (Å²) >= 11 is 0. The summed E-state index contributed by atoms with van der Waals surface area (Å²) in [5.41, 5.74) is 2.36. The molecule has 3 aromatic rings. The summed E-state index contributed by atoms with van der Waals surface area (Å²) in [6, 6.07) is 12.5. The van der Waals surface area contributed by atoms with Crippen molar-refractivity contribution in [2.75, 3.05) is 26.6 Å². The fraction of sp³-hybridized carbons (Fsp3) is 0.150. The van der Waals surface area contributed by atoms with Crippen LogP contribution in [-0.4, -0.2) is 38.3 Å². The maximum Gasteiger partial charge on any atom is 0.354 e. The van der Waals surface area contributed by atoms with Crippen molar-refractivity contribution in [2.24, 2.45) is 0 Å². The zero-order valence-electron chi connectivity index (χ0n) is 15.5. The molecule has 144 valence electrons. The van der Waals surface area contributed by atoms with Crippen LogP contribution in [0, 0.1) is 0 Å². The molecule has 28 heavy (non-hydrogen) atoms. The summed E-state index contributed by atoms with van der Waals surface area (Å²) in [5.74, 6) is -0.267. The Labute approximate surface area is 160 Å². The number of oxazole rings is 1. The van der Waals surface area contributed by atoms with Crippen LogP contribution >= 0.6 is 0 Å². The molecule has 0 bridgehead atoms. The fourth-order valence-electron chi connectivity index (χ4n) is 2.47. The van der Waals surface area contributed by atoms with Crippen LogP contribution in [0.15, 0.2) is 58.7 Å². The number of nitrogens with zero attached hydrogens (tertiary/aromatic N) is 1. The number of carbonyl (C=O) groups is 2. The molecule has 0 fully saturated rings. The van der Waals surface area contributed by atoms with E-state index >= 15 is 0 Å². The molecule has 8 heteroatoms. The second-order valence-electron chi connectivity index (χ2n) is 5.63. The molecule has 2 aromatic carbocycles. The Balaban J connectivity index is 1.92. The number of ether oxygens (including phenoxy) is 3. The van der Waals surface area contributed by atoms with Crippen LogP contribution in [0.4, 0.5) is 5.69 Å². The van der Waals surface area contributed by atoms with Gasteiger partial charge in [-0.15, -0.1) is 0 Å². The van der Waals surface area contributed by atoms with E-state index in [1.807, 2.05) is 24.3 Å². The van der Waals surface area contributed by atoms with E-state index in [0.717, 1.165) is 11.6 Å². The zero-order chi connectivity index (χ0) is 20.1. The molecule has 0 amide bonds. The minimum absolute atomic E-state index is 0.0683. The van der Waals surface area contributed by atoms with Gasteiger partial charge in [0.2, 0.25) is 5.89 Å². The van der Waals surface area contributed by atoms with Crippen molar-refractivity contribution < 1.29 is 28.2 Å². The largest absolute Gasteiger partial charge is 0.497 e. The van der Waals surface area contributed by atoms with Crippen molar-refractivity contribution >= 4 is 28.7 Å². The third kappa shape index (κ3) is 4.12. The van der Waals surface area contributed by atoms with Gasteiger partial charge in [0.1, 0.15) is 17.0 Å². The zero-order valence-corrected chi connectivity index (χ0v) is 15.5. The Hall–Kier alpha value is -3.81. The molecule has 0 aliphatic heterocycles. The molecular formula is C20H18N2O6. The Morgan fingerprint density at radius 1 is 1.07 bits per heavy atom. The standard InChI is InChI=1S/C20H18N2O6/c1-25-14-6-4-5-12(9-14)19-22-15-8-7-13(10-17(15)28-19)21-16(20(24)27-3)11-18(23)26-2/h4-11,21H,1-3H3/b16-11+. The second kappa shape index (κ2) is 8.26. The van der Waals surface area contributed by atoms with E-state index in [2.05, 4.69) is 19.8 Å². The number of esters is 2. The van der Waals surface area contributed by atoms with Crippen molar-refractivity contribution in [3.63, 3.8) is 0 Å². The van der Waals surface area contributed by atoms with Crippen molar-refractivity contribution in [3.8, 4) is 17.2 Å². The van der Waals surface area contributed by atoms with Crippen LogP contribution in [-0.2, 0) is 19.1 Å². The molecule has 0 aliphatic carbocycles. The molecule has 1 heterocycles. The number of rotatable bonds is 6. The minimum Gasteiger partial charge on any atom is -0.497 e. The number of methoxy groups -OCH3 is 3. The van der Waals surface area contributed by atoms with Gasteiger partial charge in [0.15, 0.2) is 5.58 Å². The predicted octanol–water partition coefficient (Wildman–Crippen LogP) is 3.15. The van der Waals surface area contributed by atoms with Gasteiger partial charge in [0, 0.05) is 17.3 Å². The molecule has 0 unspecified atom stereocenters. The molecule has 0 radical (unpaired) electrons. The van der Waals surface area contributed by atoms with Crippen LogP contribution in [0.2, 0.25) is 0 Å². The van der Waals surface area contributed by atoms with E-state index in [-0.39, 0.29) is 5.70 Å². The van der Waals surface area contributed by atoms with Gasteiger partial charge in [-0.2, -0.15) is 0 Å². The third-order valence-corrected chi connectivity index (χ3v) is 3.85. The monoisotopic (exact) mass is 382 g/mol. The first-order valence-electron chi connectivity index (χ1n) is 8.24. The predicted molar refractivity (Wildman–Crippen MR) is 102 cm³/mol. The number of hydrogen-bond donors (Lipinski definition) is 1. The summed E-state index contributed by atoms with van der Waals surface area (Å²) in [4.78, 5) is 27.8. The van der Waals surface area contributed by atoms with Crippen molar-refractivity contribution in [3.05, 3.63) is 54.2 Å². The molecule has 1 N–H and O–H groups in total. The van der Waals surface area contributed by atoms with Crippen molar-refractivity contribution in [1.29, 1.82) is 0 Å². The summed E-state index contributed by atoms with van der Waals surface area (Å²) in [6.45, 7) is 0. The molecule has 8 nitrogen and oxygen atoms in total. The van der Waals surface area contributed by atoms with Gasteiger partial charge in [-0.25, -0.2) is 14.6 Å². The van der Waals surface area contributed by atoms with Crippen LogP contribution < -0.4 is 10.1 Å². The summed E-state index contributed by atoms with van der Waals surface area (Å²) in [5, 5.41) is 2.83. The van der Waals surface area contributed by atoms with E-state index in [4.69, 9.17) is 9.15 Å². The molecule has 0 atom stereocenters. The average Bonchev–Trinajstić information content (AvgIpc) is 3.16. The minimum atomic E-state index is -0.708. The number of fused-ring (bicyclic) bond motifs is 1. The summed E-state index contributed by atoms with van der Waals surface area (Å²) in [7, 11) is 4.02. The lowest BCUT2D eigenvalue weighted by Crippen LogP contribution is -2.15. The first kappa shape index (κ1) is 19.0. The van der Waals surface area contributed by atoms with Gasteiger partial charge in [0.05, 0.1) is 27.4 Å². The van der Waals surface area contributed by atoms with Crippen LogP contribution in [0.25, 0.3) is 22.6 Å². The number of anilines is 1. The van der Waals surface area contributed by atoms with E-state index in [0.29, 0.717) is 28.4 Å². The van der Waals surface area contributed by atoms with E-state index in [1.54, 1.807) is 25.3 Å². The summed E-state index contributed by atoms with van der Waals surface area (Å²) in [6.07, 6.45) is 1.01. The lowest BCUT2D eigenvalue weighted by molar-refractivity contribution is -0.138. The first-order chi connectivity index (χ1) is 13.5. The molecule has 3 rings (SSSR count). The smallest absolute Gasteiger partial charge is 0.354 e. The Morgan fingerprint density at radius 3 is 2.61 bits per heavy atom. The molecular weight excluding hydrogens is 364 g/mol. The highest BCUT2D eigenvalue weighted by atomic mass is 16.5. The highest BCUT2D eigenvalue weighted by molar-refractivity contribution is 5.99. The molecule has 0 saturated carbocycles. The third-order valence-electron chi connectivity index (χ3n) is 3.85. The fourth-order valence-corrected chi connectivity index (χ4v) is 2.47. The average molecular weight is 382 g/mol. The normalized spacial score (nSPS) is 11.2. The lowest BCUT2D eigenvalue weighted by atomic mass is 10.2. The molecule has 0 spiro atoms. The van der Waals surface area contributed by atoms with Crippen LogP contribution in [0.5, 0.6) is 5.75 Å². The molecule has 0 aliphatic rings. The topological polar surface area (TPSA) is 99.9 Å². The molecule has 0 saturated heterocycles. The van der Waals surface area contributed by atoms with Gasteiger partial charge in [-0.05, 0) is 30.3 Å². The van der Waals surface area contributed by atoms with Crippen molar-refractivity contribution in [2.45, 2.75) is 0 Å². The van der Waals surface area contributed by atoms with Crippen molar-refractivity contribution in [1.82, 2.24) is 4.98 Å². The summed E-state index contributed by atoms with van der Waals surface area (Å²) < 4.78 is 20.3. The lowest BCUT2D eigenvalue weighted by Gasteiger charge is -2.08. The SMILES string of the molecule is COC(=O)/C=C(/Nc1ccc2nc(-c3cccc(OC)c3)oc2c1)C(=O)OC. The number of carbonyl (C=O) groups excluding carboxylic acids is 2. The number of benzene rings is 2. The van der Waals surface area contributed by atoms with Crippen LogP contribution in [0.3, 0.4) is 0 Å². The Morgan fingerprint density at radius 2 is 1.89 bits per heavy atom. The Kier molecular flexibility index (Phi) is 5.59. The van der Waals surface area contributed by atoms with Gasteiger partial charge < -0.3 is 23.9 Å². The number of hydrogen-bond acceptors (Lipinski definition) is 8. The van der Waals surface area contributed by atoms with Gasteiger partial charge in [-0.3, -0.25) is 0 Å². The van der Waals surface area contributed by atoms with E-state index in [9.17, 15) is 9.59 Å². The second-order valence-corrected chi connectivity index (χ2v) is 5.63. The Bertz CT molecular complexity index is 1050. The first-order valence-corrected chi connectivity index (χ1v) is 8.24. The van der Waals surface area contributed by atoms with E-state index in [1.165, 1.54) is 14.2 Å². The maximum absolute atomic E-state index is 11.9. The number of nitrogens with one attached hydrogen (secondary N) is 1. The number of aromatic nitrogens is 1. The highest BCUT2D eigenvalue weighted by Gasteiger charge is 2.14. The molecule has 1 aromatic heterocycles. The quantitative estimate of drug-likeness (QED) is 0.513. The van der Waals surface area contributed by atoms with E-state index < -0.39 is 11.9 Å². The van der Waals surface area contributed by atoms with Gasteiger partial charge in [0.25, 0.3) is 0 Å².